The number of carbonyl (C=O) groups excluding carboxylic acids is 1. The molecule has 0 bridgehead atoms. The van der Waals surface area contributed by atoms with Crippen LogP contribution in [0, 0.1) is 12.3 Å². The fourth-order valence-electron chi connectivity index (χ4n) is 2.98. The fourth-order valence-corrected chi connectivity index (χ4v) is 3.81. The van der Waals surface area contributed by atoms with E-state index in [2.05, 4.69) is 34.4 Å². The van der Waals surface area contributed by atoms with Crippen LogP contribution in [-0.4, -0.2) is 66.4 Å². The van der Waals surface area contributed by atoms with Gasteiger partial charge in [0.15, 0.2) is 5.82 Å². The van der Waals surface area contributed by atoms with Gasteiger partial charge in [-0.25, -0.2) is 4.98 Å². The number of anilines is 1. The van der Waals surface area contributed by atoms with Crippen LogP contribution in [-0.2, 0) is 9.53 Å². The highest BCUT2D eigenvalue weighted by atomic mass is 32.2. The predicted octanol–water partition coefficient (Wildman–Crippen LogP) is 5.02. The van der Waals surface area contributed by atoms with Crippen molar-refractivity contribution in [1.82, 2.24) is 9.97 Å². The molecular formula is C28H45N5O3S. The molecule has 37 heavy (non-hydrogen) atoms. The number of aliphatic hydroxyl groups is 1. The number of nitrogens with two attached hydrogens (primary N) is 1. The van der Waals surface area contributed by atoms with Crippen molar-refractivity contribution in [3.05, 3.63) is 60.1 Å². The van der Waals surface area contributed by atoms with Gasteiger partial charge in [-0.1, -0.05) is 31.6 Å². The van der Waals surface area contributed by atoms with E-state index in [0.717, 1.165) is 48.5 Å². The summed E-state index contributed by atoms with van der Waals surface area (Å²) in [6, 6.07) is 8.08. The summed E-state index contributed by atoms with van der Waals surface area (Å²) >= 11 is 1.82. The van der Waals surface area contributed by atoms with Gasteiger partial charge in [0.25, 0.3) is 0 Å². The Kier molecular flexibility index (Phi) is 19.0. The molecule has 206 valence electrons. The van der Waals surface area contributed by atoms with Crippen LogP contribution in [0.3, 0.4) is 0 Å². The first-order valence-electron chi connectivity index (χ1n) is 12.4. The summed E-state index contributed by atoms with van der Waals surface area (Å²) in [5.74, 6) is 1.59. The van der Waals surface area contributed by atoms with E-state index in [1.54, 1.807) is 26.6 Å². The number of ether oxygens (including phenoxy) is 1. The van der Waals surface area contributed by atoms with Crippen molar-refractivity contribution in [1.29, 1.82) is 5.41 Å². The molecule has 8 nitrogen and oxygen atoms in total. The molecule has 1 amide bonds. The number of nitrogens with zero attached hydrogens (tertiary/aromatic N) is 3. The molecule has 0 atom stereocenters. The maximum absolute atomic E-state index is 10.9. The lowest BCUT2D eigenvalue weighted by Gasteiger charge is -2.12. The number of rotatable bonds is 8. The van der Waals surface area contributed by atoms with E-state index in [-0.39, 0.29) is 12.0 Å². The van der Waals surface area contributed by atoms with Gasteiger partial charge in [-0.2, -0.15) is 0 Å². The zero-order valence-corrected chi connectivity index (χ0v) is 24.1. The van der Waals surface area contributed by atoms with Crippen LogP contribution < -0.4 is 10.6 Å². The van der Waals surface area contributed by atoms with E-state index in [9.17, 15) is 4.79 Å². The number of aryl methyl sites for hydroxylation is 1. The minimum Gasteiger partial charge on any atom is -0.393 e. The molecule has 1 fully saturated rings. The molecule has 1 aromatic carbocycles. The van der Waals surface area contributed by atoms with E-state index < -0.39 is 0 Å². The third kappa shape index (κ3) is 15.3. The Morgan fingerprint density at radius 1 is 1.19 bits per heavy atom. The van der Waals surface area contributed by atoms with E-state index in [0.29, 0.717) is 11.5 Å². The summed E-state index contributed by atoms with van der Waals surface area (Å²) < 4.78 is 5.01. The Morgan fingerprint density at radius 3 is 2.19 bits per heavy atom. The largest absolute Gasteiger partial charge is 0.393 e. The number of carbonyl (C=O) groups is 1. The summed E-state index contributed by atoms with van der Waals surface area (Å²) in [4.78, 5) is 21.6. The van der Waals surface area contributed by atoms with Crippen LogP contribution >= 0.6 is 11.8 Å². The van der Waals surface area contributed by atoms with E-state index in [1.807, 2.05) is 37.7 Å². The molecule has 0 unspecified atom stereocenters. The number of hydrogen-bond acceptors (Lipinski definition) is 8. The topological polar surface area (TPSA) is 125 Å². The molecule has 0 aliphatic heterocycles. The Labute approximate surface area is 227 Å². The standard InChI is InChI=1S/C14H19NOS.C8H11N3O.C5H10O.CH5N/c1-11(2)14(15)12-5-7-13(8-6-12)17-10-4-9-16-3;1-6-4-10-8(5-9-6)11(3)7(2)12;6-5-3-1-2-4-5;1-2/h5-8,15H,1,4,9-10H2,2-3H3;4-5H,1-3H3;5-6H,1-4H2;2H2,1H3. The summed E-state index contributed by atoms with van der Waals surface area (Å²) in [7, 11) is 4.89. The van der Waals surface area contributed by atoms with Gasteiger partial charge in [-0.3, -0.25) is 14.7 Å². The van der Waals surface area contributed by atoms with Gasteiger partial charge < -0.3 is 21.0 Å². The molecule has 1 aromatic heterocycles. The number of nitrogens with one attached hydrogen (secondary N) is 1. The van der Waals surface area contributed by atoms with Crippen molar-refractivity contribution in [2.24, 2.45) is 5.73 Å². The molecule has 0 saturated heterocycles. The zero-order valence-electron chi connectivity index (χ0n) is 23.3. The smallest absolute Gasteiger partial charge is 0.224 e. The summed E-state index contributed by atoms with van der Waals surface area (Å²) in [6.07, 6.45) is 8.88. The molecule has 3 rings (SSSR count). The molecule has 4 N–H and O–H groups in total. The minimum atomic E-state index is -0.0480. The molecule has 2 aromatic rings. The van der Waals surface area contributed by atoms with E-state index in [4.69, 9.17) is 15.3 Å². The van der Waals surface area contributed by atoms with Crippen molar-refractivity contribution in [3.8, 4) is 0 Å². The van der Waals surface area contributed by atoms with E-state index in [1.165, 1.54) is 36.6 Å². The van der Waals surface area contributed by atoms with Gasteiger partial charge in [-0.15, -0.1) is 11.8 Å². The van der Waals surface area contributed by atoms with Crippen LogP contribution in [0.1, 0.15) is 57.2 Å². The van der Waals surface area contributed by atoms with Crippen molar-refractivity contribution in [3.63, 3.8) is 0 Å². The lowest BCUT2D eigenvalue weighted by Crippen LogP contribution is -2.23. The molecule has 1 heterocycles. The molecule has 9 heteroatoms. The zero-order chi connectivity index (χ0) is 28.2. The van der Waals surface area contributed by atoms with Crippen molar-refractivity contribution < 1.29 is 14.6 Å². The fraction of sp³-hybridized carbons (Fsp3) is 0.500. The van der Waals surface area contributed by atoms with Crippen LogP contribution in [0.5, 0.6) is 0 Å². The summed E-state index contributed by atoms with van der Waals surface area (Å²) in [5.41, 5.74) is 7.58. The second-order valence-electron chi connectivity index (χ2n) is 8.41. The first kappa shape index (κ1) is 34.4. The third-order valence-electron chi connectivity index (χ3n) is 5.24. The predicted molar refractivity (Wildman–Crippen MR) is 156 cm³/mol. The second kappa shape index (κ2) is 20.5. The first-order chi connectivity index (χ1) is 17.6. The Hall–Kier alpha value is -2.59. The third-order valence-corrected chi connectivity index (χ3v) is 6.34. The van der Waals surface area contributed by atoms with Gasteiger partial charge in [0.2, 0.25) is 5.91 Å². The van der Waals surface area contributed by atoms with Crippen LogP contribution in [0.4, 0.5) is 5.82 Å². The Morgan fingerprint density at radius 2 is 1.78 bits per heavy atom. The Bertz CT molecular complexity index is 914. The lowest BCUT2D eigenvalue weighted by molar-refractivity contribution is -0.116. The Balaban J connectivity index is 0.000000559. The number of benzene rings is 1. The second-order valence-corrected chi connectivity index (χ2v) is 9.58. The summed E-state index contributed by atoms with van der Waals surface area (Å²) in [5, 5.41) is 16.6. The average Bonchev–Trinajstić information content (AvgIpc) is 3.39. The number of amides is 1. The van der Waals surface area contributed by atoms with Gasteiger partial charge in [-0.05, 0) is 63.4 Å². The molecule has 0 radical (unpaired) electrons. The minimum absolute atomic E-state index is 0.0463. The van der Waals surface area contributed by atoms with Crippen molar-refractivity contribution in [2.45, 2.75) is 63.9 Å². The number of thioether (sulfide) groups is 1. The average molecular weight is 532 g/mol. The van der Waals surface area contributed by atoms with Crippen LogP contribution in [0.25, 0.3) is 0 Å². The molecule has 1 saturated carbocycles. The highest BCUT2D eigenvalue weighted by Crippen LogP contribution is 2.20. The number of aromatic nitrogens is 2. The van der Waals surface area contributed by atoms with Crippen LogP contribution in [0.2, 0.25) is 0 Å². The molecule has 0 spiro atoms. The lowest BCUT2D eigenvalue weighted by atomic mass is 10.1. The van der Waals surface area contributed by atoms with Gasteiger partial charge in [0, 0.05) is 38.3 Å². The number of hydrogen-bond donors (Lipinski definition) is 3. The monoisotopic (exact) mass is 531 g/mol. The number of aliphatic hydroxyl groups excluding tert-OH is 1. The van der Waals surface area contributed by atoms with Crippen molar-refractivity contribution >= 4 is 29.2 Å². The number of methoxy groups -OCH3 is 1. The van der Waals surface area contributed by atoms with Gasteiger partial charge in [0.1, 0.15) is 0 Å². The van der Waals surface area contributed by atoms with Crippen LogP contribution in [0.15, 0.2) is 53.7 Å². The molecular weight excluding hydrogens is 486 g/mol. The normalized spacial score (nSPS) is 12.1. The van der Waals surface area contributed by atoms with Gasteiger partial charge >= 0.3 is 0 Å². The highest BCUT2D eigenvalue weighted by molar-refractivity contribution is 7.99. The van der Waals surface area contributed by atoms with Crippen molar-refractivity contribution in [2.75, 3.05) is 38.5 Å². The first-order valence-corrected chi connectivity index (χ1v) is 13.4. The maximum atomic E-state index is 10.9. The molecule has 1 aliphatic rings. The number of allylic oxidation sites excluding steroid dienone is 1. The SMILES string of the molecule is C=C(C)C(=N)c1ccc(SCCCOC)cc1.CC(=O)N(C)c1cnc(C)cn1.CN.OC1CCCC1. The molecule has 1 aliphatic carbocycles. The highest BCUT2D eigenvalue weighted by Gasteiger charge is 2.09. The quantitative estimate of drug-likeness (QED) is 0.248. The maximum Gasteiger partial charge on any atom is 0.224 e. The van der Waals surface area contributed by atoms with Gasteiger partial charge in [0.05, 0.1) is 29.9 Å². The van der Waals surface area contributed by atoms with E-state index >= 15 is 0 Å². The summed E-state index contributed by atoms with van der Waals surface area (Å²) in [6.45, 7) is 9.79.